The van der Waals surface area contributed by atoms with Crippen molar-refractivity contribution in [1.29, 1.82) is 0 Å². The van der Waals surface area contributed by atoms with Crippen molar-refractivity contribution in [2.45, 2.75) is 37.9 Å². The minimum absolute atomic E-state index is 0.297. The van der Waals surface area contributed by atoms with Crippen molar-refractivity contribution in [3.63, 3.8) is 0 Å². The summed E-state index contributed by atoms with van der Waals surface area (Å²) in [4.78, 5) is 22.0. The van der Waals surface area contributed by atoms with Crippen molar-refractivity contribution in [2.75, 3.05) is 18.6 Å². The smallest absolute Gasteiger partial charge is 0.321 e. The Bertz CT molecular complexity index is 343. The highest BCUT2D eigenvalue weighted by Crippen LogP contribution is 2.28. The van der Waals surface area contributed by atoms with Crippen LogP contribution in [-0.2, 0) is 9.59 Å². The SMILES string of the molecule is CN[C@@H](CSSCC(NC1CCC1C)C(=O)O)C(=O)O. The van der Waals surface area contributed by atoms with Gasteiger partial charge in [0.2, 0.25) is 0 Å². The van der Waals surface area contributed by atoms with Gasteiger partial charge in [-0.2, -0.15) is 0 Å². The summed E-state index contributed by atoms with van der Waals surface area (Å²) in [6, 6.07) is -0.876. The molecule has 20 heavy (non-hydrogen) atoms. The maximum Gasteiger partial charge on any atom is 0.321 e. The summed E-state index contributed by atoms with van der Waals surface area (Å²) in [6.45, 7) is 2.12. The van der Waals surface area contributed by atoms with Crippen LogP contribution in [0.5, 0.6) is 0 Å². The van der Waals surface area contributed by atoms with Crippen molar-refractivity contribution in [3.05, 3.63) is 0 Å². The summed E-state index contributed by atoms with van der Waals surface area (Å²) < 4.78 is 0. The standard InChI is InChI=1S/C12H22N2O4S2/c1-7-3-4-8(7)14-10(12(17)18)6-20-19-5-9(13-2)11(15)16/h7-10,13-14H,3-6H2,1-2H3,(H,15,16)(H,17,18)/t7?,8?,9-,10?/m0/s1. The molecule has 0 amide bonds. The quantitative estimate of drug-likeness (QED) is 0.348. The zero-order chi connectivity index (χ0) is 15.1. The molecule has 0 heterocycles. The molecule has 8 heteroatoms. The van der Waals surface area contributed by atoms with Crippen LogP contribution in [0, 0.1) is 5.92 Å². The second-order valence-electron chi connectivity index (χ2n) is 4.97. The monoisotopic (exact) mass is 322 g/mol. The zero-order valence-electron chi connectivity index (χ0n) is 11.7. The molecule has 6 nitrogen and oxygen atoms in total. The molecule has 1 aliphatic carbocycles. The number of hydrogen-bond acceptors (Lipinski definition) is 6. The topological polar surface area (TPSA) is 98.7 Å². The molecule has 4 N–H and O–H groups in total. The van der Waals surface area contributed by atoms with E-state index in [4.69, 9.17) is 5.11 Å². The van der Waals surface area contributed by atoms with E-state index in [1.165, 1.54) is 21.6 Å². The Labute approximate surface area is 126 Å². The maximum atomic E-state index is 11.2. The number of carboxylic acids is 2. The van der Waals surface area contributed by atoms with Crippen LogP contribution >= 0.6 is 21.6 Å². The number of aliphatic carboxylic acids is 2. The van der Waals surface area contributed by atoms with Crippen LogP contribution < -0.4 is 10.6 Å². The molecule has 1 saturated carbocycles. The van der Waals surface area contributed by atoms with Gasteiger partial charge in [-0.1, -0.05) is 28.5 Å². The van der Waals surface area contributed by atoms with Crippen molar-refractivity contribution >= 4 is 33.5 Å². The van der Waals surface area contributed by atoms with E-state index in [1.807, 2.05) is 0 Å². The van der Waals surface area contributed by atoms with Crippen molar-refractivity contribution in [2.24, 2.45) is 5.92 Å². The first-order valence-electron chi connectivity index (χ1n) is 6.59. The fraction of sp³-hybridized carbons (Fsp3) is 0.833. The fourth-order valence-electron chi connectivity index (χ4n) is 1.87. The fourth-order valence-corrected chi connectivity index (χ4v) is 4.28. The van der Waals surface area contributed by atoms with Crippen LogP contribution in [0.25, 0.3) is 0 Å². The number of carboxylic acid groups (broad SMARTS) is 2. The second kappa shape index (κ2) is 8.76. The number of rotatable bonds is 10. The number of carbonyl (C=O) groups is 2. The minimum Gasteiger partial charge on any atom is -0.480 e. The molecule has 0 aromatic rings. The average molecular weight is 322 g/mol. The molecule has 0 saturated heterocycles. The van der Waals surface area contributed by atoms with Crippen molar-refractivity contribution in [3.8, 4) is 0 Å². The molecule has 116 valence electrons. The Kier molecular flexibility index (Phi) is 7.71. The summed E-state index contributed by atoms with van der Waals surface area (Å²) in [5, 5.41) is 23.9. The summed E-state index contributed by atoms with van der Waals surface area (Å²) in [7, 11) is 4.38. The van der Waals surface area contributed by atoms with E-state index >= 15 is 0 Å². The maximum absolute atomic E-state index is 11.2. The Hall–Kier alpha value is -0.440. The van der Waals surface area contributed by atoms with Crippen molar-refractivity contribution < 1.29 is 19.8 Å². The van der Waals surface area contributed by atoms with Gasteiger partial charge in [0, 0.05) is 17.5 Å². The molecule has 1 fully saturated rings. The highest BCUT2D eigenvalue weighted by Gasteiger charge is 2.31. The third-order valence-corrected chi connectivity index (χ3v) is 5.95. The molecule has 0 aromatic carbocycles. The minimum atomic E-state index is -0.892. The largest absolute Gasteiger partial charge is 0.480 e. The molecular formula is C12H22N2O4S2. The summed E-state index contributed by atoms with van der Waals surface area (Å²) in [5.41, 5.74) is 0. The van der Waals surface area contributed by atoms with Crippen LogP contribution in [0.3, 0.4) is 0 Å². The summed E-state index contributed by atoms with van der Waals surface area (Å²) in [5.74, 6) is -0.366. The van der Waals surface area contributed by atoms with Gasteiger partial charge in [-0.25, -0.2) is 0 Å². The van der Waals surface area contributed by atoms with Crippen LogP contribution in [0.1, 0.15) is 19.8 Å². The molecular weight excluding hydrogens is 300 g/mol. The van der Waals surface area contributed by atoms with Gasteiger partial charge in [0.05, 0.1) is 0 Å². The lowest BCUT2D eigenvalue weighted by Crippen LogP contribution is -2.51. The first-order chi connectivity index (χ1) is 9.45. The number of hydrogen-bond donors (Lipinski definition) is 4. The van der Waals surface area contributed by atoms with Crippen LogP contribution in [0.4, 0.5) is 0 Å². The highest BCUT2D eigenvalue weighted by molar-refractivity contribution is 8.76. The summed E-state index contributed by atoms with van der Waals surface area (Å²) >= 11 is 0. The highest BCUT2D eigenvalue weighted by atomic mass is 33.1. The molecule has 3 unspecified atom stereocenters. The van der Waals surface area contributed by atoms with Crippen LogP contribution in [-0.4, -0.2) is 58.8 Å². The second-order valence-corrected chi connectivity index (χ2v) is 7.52. The van der Waals surface area contributed by atoms with E-state index in [2.05, 4.69) is 17.6 Å². The van der Waals surface area contributed by atoms with E-state index in [1.54, 1.807) is 7.05 Å². The van der Waals surface area contributed by atoms with Gasteiger partial charge in [0.1, 0.15) is 12.1 Å². The molecule has 1 rings (SSSR count). The Morgan fingerprint density at radius 2 is 1.70 bits per heavy atom. The molecule has 0 aromatic heterocycles. The lowest BCUT2D eigenvalue weighted by atomic mass is 9.81. The first-order valence-corrected chi connectivity index (χ1v) is 9.07. The number of likely N-dealkylation sites (N-methyl/N-ethyl adjacent to an activating group) is 1. The van der Waals surface area contributed by atoms with Gasteiger partial charge in [0.15, 0.2) is 0 Å². The van der Waals surface area contributed by atoms with E-state index < -0.39 is 24.0 Å². The molecule has 0 bridgehead atoms. The van der Waals surface area contributed by atoms with E-state index in [9.17, 15) is 14.7 Å². The van der Waals surface area contributed by atoms with Crippen LogP contribution in [0.15, 0.2) is 0 Å². The first kappa shape index (κ1) is 17.6. The van der Waals surface area contributed by atoms with Gasteiger partial charge in [0.25, 0.3) is 0 Å². The normalized spacial score (nSPS) is 24.7. The van der Waals surface area contributed by atoms with Gasteiger partial charge < -0.3 is 20.8 Å². The number of nitrogens with one attached hydrogen (secondary N) is 2. The van der Waals surface area contributed by atoms with Crippen molar-refractivity contribution in [1.82, 2.24) is 10.6 Å². The average Bonchev–Trinajstić information content (AvgIpc) is 2.39. The van der Waals surface area contributed by atoms with Gasteiger partial charge >= 0.3 is 11.9 Å². The third-order valence-electron chi connectivity index (χ3n) is 3.53. The Balaban J connectivity index is 2.25. The molecule has 0 radical (unpaired) electrons. The van der Waals surface area contributed by atoms with E-state index in [0.717, 1.165) is 12.8 Å². The molecule has 4 atom stereocenters. The lowest BCUT2D eigenvalue weighted by molar-refractivity contribution is -0.140. The predicted molar refractivity (Wildman–Crippen MR) is 82.1 cm³/mol. The van der Waals surface area contributed by atoms with Gasteiger partial charge in [-0.3, -0.25) is 9.59 Å². The zero-order valence-corrected chi connectivity index (χ0v) is 13.3. The van der Waals surface area contributed by atoms with E-state index in [0.29, 0.717) is 23.5 Å². The molecule has 1 aliphatic rings. The predicted octanol–water partition coefficient (Wildman–Crippen LogP) is 0.882. The lowest BCUT2D eigenvalue weighted by Gasteiger charge is -2.36. The third kappa shape index (κ3) is 5.51. The Morgan fingerprint density at radius 1 is 1.15 bits per heavy atom. The molecule has 0 aliphatic heterocycles. The summed E-state index contributed by atoms with van der Waals surface area (Å²) in [6.07, 6.45) is 2.18. The van der Waals surface area contributed by atoms with E-state index in [-0.39, 0.29) is 0 Å². The Morgan fingerprint density at radius 3 is 2.05 bits per heavy atom. The molecule has 0 spiro atoms. The van der Waals surface area contributed by atoms with Gasteiger partial charge in [-0.15, -0.1) is 0 Å². The van der Waals surface area contributed by atoms with Crippen LogP contribution in [0.2, 0.25) is 0 Å². The van der Waals surface area contributed by atoms with Gasteiger partial charge in [-0.05, 0) is 25.8 Å².